The molecule has 0 spiro atoms. The van der Waals surface area contributed by atoms with Crippen LogP contribution in [0.25, 0.3) is 82.5 Å². The normalized spacial score (nSPS) is 11.9. The van der Waals surface area contributed by atoms with Crippen LogP contribution in [0.5, 0.6) is 0 Å². The van der Waals surface area contributed by atoms with Gasteiger partial charge in [0.05, 0.1) is 56.1 Å². The molecule has 0 amide bonds. The Morgan fingerprint density at radius 2 is 0.788 bits per heavy atom. The Morgan fingerprint density at radius 1 is 0.318 bits per heavy atom. The van der Waals surface area contributed by atoms with Gasteiger partial charge in [-0.1, -0.05) is 182 Å². The summed E-state index contributed by atoms with van der Waals surface area (Å²) in [6.07, 6.45) is 0. The lowest BCUT2D eigenvalue weighted by Crippen LogP contribution is -2.74. The molecule has 10 aromatic carbocycles. The molecule has 13 aromatic rings. The summed E-state index contributed by atoms with van der Waals surface area (Å²) in [5.74, 6) is 0. The predicted molar refractivity (Wildman–Crippen MR) is 278 cm³/mol. The molecule has 3 heterocycles. The third-order valence-corrected chi connectivity index (χ3v) is 18.6. The monoisotopic (exact) mass is 856 g/mol. The molecule has 308 valence electrons. The summed E-state index contributed by atoms with van der Waals surface area (Å²) in [5.41, 5.74) is 10.6. The van der Waals surface area contributed by atoms with Crippen molar-refractivity contribution in [3.8, 4) is 23.1 Å². The first-order valence-electron chi connectivity index (χ1n) is 22.5. The van der Waals surface area contributed by atoms with E-state index in [0.29, 0.717) is 5.56 Å². The molecule has 0 unspecified atom stereocenters. The van der Waals surface area contributed by atoms with Crippen molar-refractivity contribution in [2.45, 2.75) is 0 Å². The van der Waals surface area contributed by atoms with Crippen LogP contribution in [0, 0.1) is 11.3 Å². The van der Waals surface area contributed by atoms with Crippen LogP contribution in [0.4, 0.5) is 0 Å². The summed E-state index contributed by atoms with van der Waals surface area (Å²) in [5, 5.41) is 22.5. The van der Waals surface area contributed by atoms with Crippen molar-refractivity contribution < 1.29 is 0 Å². The Kier molecular flexibility index (Phi) is 8.57. The topological polar surface area (TPSA) is 38.6 Å². The van der Waals surface area contributed by atoms with E-state index in [4.69, 9.17) is 0 Å². The molecule has 5 heteroatoms. The maximum Gasteiger partial charge on any atom is 0.179 e. The Labute approximate surface area is 382 Å². The second kappa shape index (κ2) is 15.0. The van der Waals surface area contributed by atoms with Crippen molar-refractivity contribution >= 4 is 94.2 Å². The van der Waals surface area contributed by atoms with E-state index in [2.05, 4.69) is 250 Å². The van der Waals surface area contributed by atoms with Gasteiger partial charge in [-0.05, 0) is 81.4 Å². The largest absolute Gasteiger partial charge is 0.309 e. The van der Waals surface area contributed by atoms with E-state index in [-0.39, 0.29) is 0 Å². The van der Waals surface area contributed by atoms with Crippen molar-refractivity contribution in [3.63, 3.8) is 0 Å². The van der Waals surface area contributed by atoms with Gasteiger partial charge in [0.1, 0.15) is 0 Å². The Bertz CT molecular complexity index is 3960. The van der Waals surface area contributed by atoms with Crippen LogP contribution in [0.15, 0.2) is 243 Å². The second-order valence-corrected chi connectivity index (χ2v) is 21.0. The highest BCUT2D eigenvalue weighted by Gasteiger charge is 2.41. The van der Waals surface area contributed by atoms with Crippen LogP contribution in [0.1, 0.15) is 5.56 Å². The van der Waals surface area contributed by atoms with Crippen LogP contribution in [0.2, 0.25) is 0 Å². The molecular formula is C61H40N4Si. The first-order valence-corrected chi connectivity index (χ1v) is 24.5. The molecule has 0 bridgehead atoms. The zero-order chi connectivity index (χ0) is 43.8. The van der Waals surface area contributed by atoms with E-state index in [0.717, 1.165) is 60.9 Å². The summed E-state index contributed by atoms with van der Waals surface area (Å²) in [6.45, 7) is 0. The fraction of sp³-hybridized carbons (Fsp3) is 0. The van der Waals surface area contributed by atoms with Gasteiger partial charge in [0, 0.05) is 38.0 Å². The number of para-hydroxylation sites is 4. The maximum atomic E-state index is 10.1. The van der Waals surface area contributed by atoms with Crippen molar-refractivity contribution in [1.82, 2.24) is 13.7 Å². The van der Waals surface area contributed by atoms with Crippen LogP contribution in [-0.4, -0.2) is 21.8 Å². The number of aromatic nitrogens is 3. The Balaban J connectivity index is 1.11. The molecule has 0 N–H and O–H groups in total. The average molecular weight is 857 g/mol. The zero-order valence-corrected chi connectivity index (χ0v) is 36.9. The lowest BCUT2D eigenvalue weighted by atomic mass is 10.1. The standard InChI is InChI=1S/C61H40N4Si/c62-41-42-37-38-50-48-27-10-13-31-53(48)64(59(50)39-42)58-36-17-30-51-49-28-11-14-32-54(49)65(61(51)58)57-35-18-34-56-60(57)52-29-12-15-33-55(52)63(56)43-19-16-26-47(40-43)66(44-20-4-1-5-21-44,45-22-6-2-7-23-45)46-24-8-3-9-25-46/h1-40H. The first kappa shape index (κ1) is 37.8. The van der Waals surface area contributed by atoms with Crippen LogP contribution in [-0.2, 0) is 0 Å². The predicted octanol–water partition coefficient (Wildman–Crippen LogP) is 12.2. The molecule has 0 atom stereocenters. The quantitative estimate of drug-likeness (QED) is 0.116. The number of rotatable bonds is 7. The number of hydrogen-bond donors (Lipinski definition) is 0. The van der Waals surface area contributed by atoms with Gasteiger partial charge in [0.25, 0.3) is 0 Å². The minimum Gasteiger partial charge on any atom is -0.309 e. The molecule has 0 fully saturated rings. The van der Waals surface area contributed by atoms with E-state index >= 15 is 0 Å². The molecule has 0 radical (unpaired) electrons. The van der Waals surface area contributed by atoms with Gasteiger partial charge in [-0.25, -0.2) is 0 Å². The number of fused-ring (bicyclic) bond motifs is 9. The first-order chi connectivity index (χ1) is 32.7. The number of nitriles is 1. The minimum atomic E-state index is -2.81. The molecule has 13 rings (SSSR count). The number of hydrogen-bond acceptors (Lipinski definition) is 1. The second-order valence-electron chi connectivity index (χ2n) is 17.1. The molecule has 4 nitrogen and oxygen atoms in total. The third-order valence-electron chi connectivity index (χ3n) is 13.8. The highest BCUT2D eigenvalue weighted by molar-refractivity contribution is 7.19. The fourth-order valence-electron chi connectivity index (χ4n) is 11.1. The van der Waals surface area contributed by atoms with E-state index in [1.807, 2.05) is 12.1 Å². The molecule has 66 heavy (non-hydrogen) atoms. The molecule has 0 aliphatic carbocycles. The highest BCUT2D eigenvalue weighted by atomic mass is 28.3. The van der Waals surface area contributed by atoms with Gasteiger partial charge in [-0.2, -0.15) is 5.26 Å². The summed E-state index contributed by atoms with van der Waals surface area (Å²) >= 11 is 0. The molecular weight excluding hydrogens is 817 g/mol. The van der Waals surface area contributed by atoms with Crippen LogP contribution in [0.3, 0.4) is 0 Å². The zero-order valence-electron chi connectivity index (χ0n) is 35.9. The van der Waals surface area contributed by atoms with Gasteiger partial charge in [0.2, 0.25) is 0 Å². The Hall–Kier alpha value is -8.69. The van der Waals surface area contributed by atoms with Crippen molar-refractivity contribution in [2.24, 2.45) is 0 Å². The van der Waals surface area contributed by atoms with Crippen molar-refractivity contribution in [2.75, 3.05) is 0 Å². The van der Waals surface area contributed by atoms with Crippen LogP contribution >= 0.6 is 0 Å². The summed E-state index contributed by atoms with van der Waals surface area (Å²) in [7, 11) is -2.81. The molecule has 0 aliphatic heterocycles. The van der Waals surface area contributed by atoms with Gasteiger partial charge >= 0.3 is 0 Å². The van der Waals surface area contributed by atoms with E-state index in [9.17, 15) is 5.26 Å². The SMILES string of the molecule is N#Cc1ccc2c3ccccc3n(-c3cccc4c5ccccc5n(-c5cccc6c5c5ccccc5n6-c5cccc([Si](c6ccccc6)(c6ccccc6)c6ccccc6)c5)c34)c2c1. The van der Waals surface area contributed by atoms with E-state index in [1.165, 1.54) is 42.3 Å². The number of benzene rings is 10. The molecule has 3 aromatic heterocycles. The minimum absolute atomic E-state index is 0.636. The third kappa shape index (κ3) is 5.43. The summed E-state index contributed by atoms with van der Waals surface area (Å²) < 4.78 is 7.33. The lowest BCUT2D eigenvalue weighted by molar-refractivity contribution is 1.14. The summed E-state index contributed by atoms with van der Waals surface area (Å²) in [6, 6.07) is 91.0. The van der Waals surface area contributed by atoms with E-state index < -0.39 is 8.07 Å². The highest BCUT2D eigenvalue weighted by Crippen LogP contribution is 2.43. The van der Waals surface area contributed by atoms with Crippen molar-refractivity contribution in [1.29, 1.82) is 5.26 Å². The molecule has 0 saturated carbocycles. The van der Waals surface area contributed by atoms with Gasteiger partial charge in [-0.3, -0.25) is 0 Å². The number of nitrogens with zero attached hydrogens (tertiary/aromatic N) is 4. The fourth-order valence-corrected chi connectivity index (χ4v) is 15.9. The molecule has 0 aliphatic rings. The summed E-state index contributed by atoms with van der Waals surface area (Å²) in [4.78, 5) is 0. The van der Waals surface area contributed by atoms with E-state index in [1.54, 1.807) is 0 Å². The van der Waals surface area contributed by atoms with Gasteiger partial charge in [0.15, 0.2) is 8.07 Å². The smallest absolute Gasteiger partial charge is 0.179 e. The average Bonchev–Trinajstić information content (AvgIpc) is 4.03. The van der Waals surface area contributed by atoms with Crippen LogP contribution < -0.4 is 20.7 Å². The Morgan fingerprint density at radius 3 is 1.44 bits per heavy atom. The molecule has 0 saturated heterocycles. The maximum absolute atomic E-state index is 10.1. The lowest BCUT2D eigenvalue weighted by Gasteiger charge is -2.34. The van der Waals surface area contributed by atoms with Crippen molar-refractivity contribution in [3.05, 3.63) is 248 Å². The van der Waals surface area contributed by atoms with Gasteiger partial charge in [-0.15, -0.1) is 0 Å². The van der Waals surface area contributed by atoms with Gasteiger partial charge < -0.3 is 13.7 Å².